The maximum absolute atomic E-state index is 11.7. The Morgan fingerprint density at radius 3 is 2.86 bits per heavy atom. The van der Waals surface area contributed by atoms with Crippen molar-refractivity contribution < 1.29 is 19.0 Å². The van der Waals surface area contributed by atoms with Crippen molar-refractivity contribution >= 4 is 34.3 Å². The molecule has 1 aliphatic rings. The summed E-state index contributed by atoms with van der Waals surface area (Å²) in [7, 11) is 0. The first-order valence-electron chi connectivity index (χ1n) is 12.5. The molecule has 36 heavy (non-hydrogen) atoms. The largest absolute Gasteiger partial charge is 0.444 e. The van der Waals surface area contributed by atoms with Gasteiger partial charge in [-0.05, 0) is 70.5 Å². The molecule has 0 aromatic carbocycles. The summed E-state index contributed by atoms with van der Waals surface area (Å²) in [6.45, 7) is 8.61. The third-order valence-corrected chi connectivity index (χ3v) is 6.25. The molecule has 0 saturated carbocycles. The normalized spacial score (nSPS) is 16.2. The molecule has 1 fully saturated rings. The van der Waals surface area contributed by atoms with Crippen LogP contribution in [0.2, 0.25) is 0 Å². The fourth-order valence-electron chi connectivity index (χ4n) is 3.90. The van der Waals surface area contributed by atoms with Gasteiger partial charge >= 0.3 is 6.09 Å². The van der Waals surface area contributed by atoms with Gasteiger partial charge in [0.2, 0.25) is 0 Å². The molecule has 1 amide bonds. The van der Waals surface area contributed by atoms with E-state index in [1.54, 1.807) is 6.20 Å². The molecule has 0 spiro atoms. The van der Waals surface area contributed by atoms with Crippen molar-refractivity contribution in [3.05, 3.63) is 18.5 Å². The van der Waals surface area contributed by atoms with Crippen LogP contribution in [-0.2, 0) is 14.2 Å². The second kappa shape index (κ2) is 12.4. The lowest BCUT2D eigenvalue weighted by molar-refractivity contribution is -0.0366. The van der Waals surface area contributed by atoms with Gasteiger partial charge in [0.1, 0.15) is 11.4 Å². The molecule has 3 aromatic heterocycles. The Morgan fingerprint density at radius 2 is 2.11 bits per heavy atom. The van der Waals surface area contributed by atoms with Gasteiger partial charge < -0.3 is 24.8 Å². The second-order valence-corrected chi connectivity index (χ2v) is 10.4. The molecule has 1 aliphatic heterocycles. The second-order valence-electron chi connectivity index (χ2n) is 9.66. The third-order valence-electron chi connectivity index (χ3n) is 5.56. The number of carbonyl (C=O) groups excluding carboxylic acids is 1. The topological polar surface area (TPSA) is 125 Å². The Balaban J connectivity index is 1.28. The number of unbranched alkanes of at least 4 members (excludes halogenated alkanes) is 1. The predicted molar refractivity (Wildman–Crippen MR) is 138 cm³/mol. The van der Waals surface area contributed by atoms with Gasteiger partial charge in [0.15, 0.2) is 6.23 Å². The molecule has 4 rings (SSSR count). The highest BCUT2D eigenvalue weighted by molar-refractivity contribution is 7.09. The van der Waals surface area contributed by atoms with Crippen molar-refractivity contribution in [2.45, 2.75) is 64.7 Å². The molecule has 11 nitrogen and oxygen atoms in total. The smallest absolute Gasteiger partial charge is 0.407 e. The molecule has 0 bridgehead atoms. The van der Waals surface area contributed by atoms with Gasteiger partial charge in [0, 0.05) is 26.3 Å². The average molecular weight is 518 g/mol. The number of alkyl carbamates (subject to hydrolysis) is 1. The van der Waals surface area contributed by atoms with Crippen LogP contribution in [0.15, 0.2) is 18.5 Å². The van der Waals surface area contributed by atoms with Crippen LogP contribution in [0.1, 0.15) is 59.1 Å². The van der Waals surface area contributed by atoms with Crippen LogP contribution in [0.25, 0.3) is 21.5 Å². The lowest BCUT2D eigenvalue weighted by Gasteiger charge is -2.23. The number of ether oxygens (including phenoxy) is 3. The van der Waals surface area contributed by atoms with Gasteiger partial charge in [0.25, 0.3) is 0 Å². The van der Waals surface area contributed by atoms with Crippen LogP contribution in [-0.4, -0.2) is 69.0 Å². The van der Waals surface area contributed by atoms with Crippen molar-refractivity contribution in [1.82, 2.24) is 29.7 Å². The molecule has 12 heteroatoms. The van der Waals surface area contributed by atoms with Crippen molar-refractivity contribution in [1.29, 1.82) is 0 Å². The van der Waals surface area contributed by atoms with Crippen LogP contribution in [0.3, 0.4) is 0 Å². The molecule has 2 N–H and O–H groups in total. The Labute approximate surface area is 215 Å². The molecule has 196 valence electrons. The van der Waals surface area contributed by atoms with E-state index in [0.29, 0.717) is 26.3 Å². The minimum Gasteiger partial charge on any atom is -0.444 e. The van der Waals surface area contributed by atoms with E-state index in [1.807, 2.05) is 37.7 Å². The van der Waals surface area contributed by atoms with Gasteiger partial charge in [-0.2, -0.15) is 5.10 Å². The number of nitrogens with zero attached hydrogens (tertiary/aromatic N) is 5. The number of amides is 1. The zero-order valence-corrected chi connectivity index (χ0v) is 22.0. The molecule has 4 heterocycles. The van der Waals surface area contributed by atoms with Crippen LogP contribution < -0.4 is 10.6 Å². The van der Waals surface area contributed by atoms with E-state index in [0.717, 1.165) is 66.0 Å². The maximum Gasteiger partial charge on any atom is 0.407 e. The SMILES string of the molecule is CC(C)(C)OC(=O)NCCCCOCCNc1nc(-c2cnns2)cc2c1cnn2C1CCCCO1. The molecule has 1 atom stereocenters. The Hall–Kier alpha value is -2.83. The maximum atomic E-state index is 11.7. The Morgan fingerprint density at radius 1 is 1.22 bits per heavy atom. The predicted octanol–water partition coefficient (Wildman–Crippen LogP) is 4.38. The van der Waals surface area contributed by atoms with Gasteiger partial charge in [-0.3, -0.25) is 0 Å². The van der Waals surface area contributed by atoms with Crippen molar-refractivity contribution in [3.8, 4) is 10.6 Å². The summed E-state index contributed by atoms with van der Waals surface area (Å²) < 4.78 is 22.9. The number of rotatable bonds is 11. The third kappa shape index (κ3) is 7.34. The van der Waals surface area contributed by atoms with E-state index in [1.165, 1.54) is 11.5 Å². The van der Waals surface area contributed by atoms with Gasteiger partial charge in [0.05, 0.1) is 40.5 Å². The van der Waals surface area contributed by atoms with Gasteiger partial charge in [-0.1, -0.05) is 4.49 Å². The van der Waals surface area contributed by atoms with Gasteiger partial charge in [-0.25, -0.2) is 14.5 Å². The van der Waals surface area contributed by atoms with E-state index < -0.39 is 5.60 Å². The summed E-state index contributed by atoms with van der Waals surface area (Å²) >= 11 is 1.31. The number of pyridine rings is 1. The van der Waals surface area contributed by atoms with E-state index >= 15 is 0 Å². The standard InChI is InChI=1S/C24H35N7O4S/c1-24(2,3)35-23(32)26-9-5-7-11-33-13-10-25-22-17-15-28-31(21-8-4-6-12-34-21)19(17)14-18(29-22)20-16-27-30-36-20/h14-16,21H,4-13H2,1-3H3,(H,25,29)(H,26,32). The number of hydrogen-bond donors (Lipinski definition) is 2. The first-order chi connectivity index (χ1) is 17.4. The first-order valence-corrected chi connectivity index (χ1v) is 13.2. The number of hydrogen-bond acceptors (Lipinski definition) is 10. The Bertz CT molecular complexity index is 1110. The highest BCUT2D eigenvalue weighted by Crippen LogP contribution is 2.32. The number of fused-ring (bicyclic) bond motifs is 1. The lowest BCUT2D eigenvalue weighted by atomic mass is 10.2. The summed E-state index contributed by atoms with van der Waals surface area (Å²) in [5, 5.41) is 15.7. The quantitative estimate of drug-likeness (QED) is 0.356. The minimum absolute atomic E-state index is 0.0629. The van der Waals surface area contributed by atoms with Crippen LogP contribution >= 0.6 is 11.5 Å². The lowest BCUT2D eigenvalue weighted by Crippen LogP contribution is -2.33. The number of aromatic nitrogens is 5. The fraction of sp³-hybridized carbons (Fsp3) is 0.625. The zero-order valence-electron chi connectivity index (χ0n) is 21.2. The monoisotopic (exact) mass is 517 g/mol. The van der Waals surface area contributed by atoms with Crippen molar-refractivity contribution in [2.75, 3.05) is 38.2 Å². The summed E-state index contributed by atoms with van der Waals surface area (Å²) in [5.41, 5.74) is 1.29. The first kappa shape index (κ1) is 26.2. The van der Waals surface area contributed by atoms with Gasteiger partial charge in [-0.15, -0.1) is 5.10 Å². The van der Waals surface area contributed by atoms with Crippen LogP contribution in [0.5, 0.6) is 0 Å². The molecule has 0 aliphatic carbocycles. The summed E-state index contributed by atoms with van der Waals surface area (Å²) in [6, 6.07) is 2.03. The van der Waals surface area contributed by atoms with E-state index in [-0.39, 0.29) is 12.3 Å². The molecule has 1 saturated heterocycles. The molecule has 0 radical (unpaired) electrons. The van der Waals surface area contributed by atoms with E-state index in [9.17, 15) is 4.79 Å². The zero-order chi connectivity index (χ0) is 25.4. The molecular formula is C24H35N7O4S. The molecule has 1 unspecified atom stereocenters. The molecule has 3 aromatic rings. The summed E-state index contributed by atoms with van der Waals surface area (Å²) in [5.74, 6) is 0.753. The van der Waals surface area contributed by atoms with E-state index in [2.05, 4.69) is 25.3 Å². The van der Waals surface area contributed by atoms with Crippen LogP contribution in [0.4, 0.5) is 10.6 Å². The molecular weight excluding hydrogens is 482 g/mol. The van der Waals surface area contributed by atoms with Crippen molar-refractivity contribution in [2.24, 2.45) is 0 Å². The summed E-state index contributed by atoms with van der Waals surface area (Å²) in [6.07, 6.45) is 7.94. The van der Waals surface area contributed by atoms with E-state index in [4.69, 9.17) is 19.2 Å². The number of nitrogens with one attached hydrogen (secondary N) is 2. The summed E-state index contributed by atoms with van der Waals surface area (Å²) in [4.78, 5) is 17.4. The number of anilines is 1. The fourth-order valence-corrected chi connectivity index (χ4v) is 4.38. The highest BCUT2D eigenvalue weighted by Gasteiger charge is 2.21. The number of carbonyl (C=O) groups is 1. The Kier molecular flexibility index (Phi) is 9.05. The highest BCUT2D eigenvalue weighted by atomic mass is 32.1. The van der Waals surface area contributed by atoms with Crippen LogP contribution in [0, 0.1) is 0 Å². The average Bonchev–Trinajstić information content (AvgIpc) is 3.53. The van der Waals surface area contributed by atoms with Crippen molar-refractivity contribution in [3.63, 3.8) is 0 Å². The minimum atomic E-state index is -0.486.